The smallest absolute Gasteiger partial charge is 0.349 e. The number of halogens is 2. The van der Waals surface area contributed by atoms with E-state index in [0.717, 1.165) is 11.3 Å². The molecule has 0 fully saturated rings. The molecule has 1 aromatic carbocycles. The van der Waals surface area contributed by atoms with Crippen molar-refractivity contribution in [3.05, 3.63) is 27.8 Å². The summed E-state index contributed by atoms with van der Waals surface area (Å²) >= 11 is 7.13. The van der Waals surface area contributed by atoms with E-state index in [0.29, 0.717) is 10.1 Å². The zero-order chi connectivity index (χ0) is 12.6. The number of ether oxygens (including phenoxy) is 2. The van der Waals surface area contributed by atoms with E-state index in [1.807, 2.05) is 0 Å². The van der Waals surface area contributed by atoms with Crippen molar-refractivity contribution in [2.75, 3.05) is 14.2 Å². The van der Waals surface area contributed by atoms with Gasteiger partial charge < -0.3 is 9.47 Å². The molecule has 1 aromatic heterocycles. The summed E-state index contributed by atoms with van der Waals surface area (Å²) in [6, 6.07) is 2.76. The normalized spacial score (nSPS) is 10.6. The lowest BCUT2D eigenvalue weighted by Gasteiger charge is -2.01. The first kappa shape index (κ1) is 12.1. The number of thiophene rings is 1. The molecule has 0 amide bonds. The van der Waals surface area contributed by atoms with Crippen LogP contribution in [0.15, 0.2) is 12.1 Å². The Morgan fingerprint density at radius 3 is 2.71 bits per heavy atom. The number of benzene rings is 1. The van der Waals surface area contributed by atoms with Gasteiger partial charge in [-0.15, -0.1) is 11.3 Å². The van der Waals surface area contributed by atoms with Crippen LogP contribution in [-0.2, 0) is 4.74 Å². The second kappa shape index (κ2) is 4.50. The van der Waals surface area contributed by atoms with Gasteiger partial charge in [0.15, 0.2) is 11.6 Å². The lowest BCUT2D eigenvalue weighted by molar-refractivity contribution is 0.0606. The molecule has 0 bridgehead atoms. The summed E-state index contributed by atoms with van der Waals surface area (Å²) in [5, 5.41) is 0.838. The minimum atomic E-state index is -0.532. The second-order valence-corrected chi connectivity index (χ2v) is 4.65. The SMILES string of the molecule is COC(=O)c1sc2cc(F)c(OC)cc2c1Cl. The summed E-state index contributed by atoms with van der Waals surface area (Å²) in [6.07, 6.45) is 0. The maximum atomic E-state index is 13.5. The van der Waals surface area contributed by atoms with Gasteiger partial charge in [-0.05, 0) is 12.1 Å². The summed E-state index contributed by atoms with van der Waals surface area (Å²) in [5.41, 5.74) is 0. The van der Waals surface area contributed by atoms with Crippen LogP contribution in [0.2, 0.25) is 5.02 Å². The van der Waals surface area contributed by atoms with E-state index in [-0.39, 0.29) is 15.6 Å². The standard InChI is InChI=1S/C11H8ClFO3S/c1-15-7-3-5-8(4-6(7)13)17-10(9(5)12)11(14)16-2/h3-4H,1-2H3. The molecule has 0 spiro atoms. The van der Waals surface area contributed by atoms with Gasteiger partial charge in [-0.3, -0.25) is 0 Å². The average molecular weight is 275 g/mol. The Labute approximate surface area is 106 Å². The highest BCUT2D eigenvalue weighted by atomic mass is 35.5. The number of esters is 1. The van der Waals surface area contributed by atoms with E-state index in [1.54, 1.807) is 0 Å². The van der Waals surface area contributed by atoms with Gasteiger partial charge in [0.1, 0.15) is 4.88 Å². The van der Waals surface area contributed by atoms with Gasteiger partial charge in [0, 0.05) is 10.1 Å². The van der Waals surface area contributed by atoms with Gasteiger partial charge in [-0.2, -0.15) is 0 Å². The monoisotopic (exact) mass is 274 g/mol. The molecular weight excluding hydrogens is 267 g/mol. The Balaban J connectivity index is 2.70. The maximum absolute atomic E-state index is 13.5. The maximum Gasteiger partial charge on any atom is 0.349 e. The molecule has 3 nitrogen and oxygen atoms in total. The molecular formula is C11H8ClFO3S. The van der Waals surface area contributed by atoms with E-state index in [9.17, 15) is 9.18 Å². The molecule has 0 aliphatic rings. The van der Waals surface area contributed by atoms with E-state index < -0.39 is 11.8 Å². The van der Waals surface area contributed by atoms with Crippen LogP contribution >= 0.6 is 22.9 Å². The third-order valence-electron chi connectivity index (χ3n) is 2.27. The summed E-state index contributed by atoms with van der Waals surface area (Å²) in [4.78, 5) is 11.7. The minimum Gasteiger partial charge on any atom is -0.494 e. The van der Waals surface area contributed by atoms with E-state index in [2.05, 4.69) is 4.74 Å². The number of fused-ring (bicyclic) bond motifs is 1. The molecule has 0 unspecified atom stereocenters. The number of hydrogen-bond donors (Lipinski definition) is 0. The van der Waals surface area contributed by atoms with Gasteiger partial charge in [0.2, 0.25) is 0 Å². The fourth-order valence-electron chi connectivity index (χ4n) is 1.45. The van der Waals surface area contributed by atoms with Crippen molar-refractivity contribution in [1.29, 1.82) is 0 Å². The van der Waals surface area contributed by atoms with Crippen molar-refractivity contribution in [2.45, 2.75) is 0 Å². The second-order valence-electron chi connectivity index (χ2n) is 3.22. The molecule has 0 radical (unpaired) electrons. The molecule has 1 heterocycles. The molecule has 0 N–H and O–H groups in total. The first-order valence-electron chi connectivity index (χ1n) is 4.62. The van der Waals surface area contributed by atoms with Gasteiger partial charge in [0.05, 0.1) is 19.2 Å². The van der Waals surface area contributed by atoms with Crippen molar-refractivity contribution in [1.82, 2.24) is 0 Å². The van der Waals surface area contributed by atoms with Crippen LogP contribution in [0.5, 0.6) is 5.75 Å². The van der Waals surface area contributed by atoms with Crippen LogP contribution in [0.4, 0.5) is 4.39 Å². The Morgan fingerprint density at radius 2 is 2.12 bits per heavy atom. The Bertz CT molecular complexity index is 594. The van der Waals surface area contributed by atoms with Gasteiger partial charge in [-0.1, -0.05) is 11.6 Å². The van der Waals surface area contributed by atoms with Crippen molar-refractivity contribution >= 4 is 39.0 Å². The quantitative estimate of drug-likeness (QED) is 0.787. The molecule has 0 atom stereocenters. The fourth-order valence-corrected chi connectivity index (χ4v) is 2.87. The van der Waals surface area contributed by atoms with Crippen molar-refractivity contribution < 1.29 is 18.7 Å². The third kappa shape index (κ3) is 1.96. The summed E-state index contributed by atoms with van der Waals surface area (Å²) in [5.74, 6) is -0.932. The predicted molar refractivity (Wildman–Crippen MR) is 64.7 cm³/mol. The Kier molecular flexibility index (Phi) is 3.22. The molecule has 0 saturated carbocycles. The molecule has 90 valence electrons. The average Bonchev–Trinajstić information content (AvgIpc) is 2.64. The molecule has 6 heteroatoms. The summed E-state index contributed by atoms with van der Waals surface area (Å²) in [6.45, 7) is 0. The van der Waals surface area contributed by atoms with Crippen molar-refractivity contribution in [3.8, 4) is 5.75 Å². The van der Waals surface area contributed by atoms with Crippen LogP contribution in [0, 0.1) is 5.82 Å². The van der Waals surface area contributed by atoms with Crippen LogP contribution in [0.3, 0.4) is 0 Å². The fraction of sp³-hybridized carbons (Fsp3) is 0.182. The minimum absolute atomic E-state index is 0.0913. The van der Waals surface area contributed by atoms with E-state index in [1.165, 1.54) is 26.4 Å². The van der Waals surface area contributed by atoms with Gasteiger partial charge in [0.25, 0.3) is 0 Å². The largest absolute Gasteiger partial charge is 0.494 e. The predicted octanol–water partition coefficient (Wildman–Crippen LogP) is 3.49. The van der Waals surface area contributed by atoms with Crippen LogP contribution in [0.25, 0.3) is 10.1 Å². The van der Waals surface area contributed by atoms with Gasteiger partial charge >= 0.3 is 5.97 Å². The number of carbonyl (C=O) groups excluding carboxylic acids is 1. The van der Waals surface area contributed by atoms with Crippen molar-refractivity contribution in [2.24, 2.45) is 0 Å². The highest BCUT2D eigenvalue weighted by Crippen LogP contribution is 2.38. The van der Waals surface area contributed by atoms with Gasteiger partial charge in [-0.25, -0.2) is 9.18 Å². The first-order valence-corrected chi connectivity index (χ1v) is 5.81. The lowest BCUT2D eigenvalue weighted by atomic mass is 10.2. The van der Waals surface area contributed by atoms with Crippen LogP contribution < -0.4 is 4.74 Å². The molecule has 2 rings (SSSR count). The molecule has 2 aromatic rings. The Hall–Kier alpha value is -1.33. The first-order chi connectivity index (χ1) is 8.08. The zero-order valence-corrected chi connectivity index (χ0v) is 10.6. The lowest BCUT2D eigenvalue weighted by Crippen LogP contribution is -1.97. The summed E-state index contributed by atoms with van der Waals surface area (Å²) < 4.78 is 23.5. The molecule has 17 heavy (non-hydrogen) atoms. The number of carbonyl (C=O) groups is 1. The molecule has 0 aliphatic carbocycles. The highest BCUT2D eigenvalue weighted by Gasteiger charge is 2.19. The number of rotatable bonds is 2. The third-order valence-corrected chi connectivity index (χ3v) is 3.91. The summed E-state index contributed by atoms with van der Waals surface area (Å²) in [7, 11) is 2.63. The zero-order valence-electron chi connectivity index (χ0n) is 9.04. The highest BCUT2D eigenvalue weighted by molar-refractivity contribution is 7.21. The van der Waals surface area contributed by atoms with Crippen LogP contribution in [0.1, 0.15) is 9.67 Å². The van der Waals surface area contributed by atoms with E-state index >= 15 is 0 Å². The number of methoxy groups -OCH3 is 2. The topological polar surface area (TPSA) is 35.5 Å². The van der Waals surface area contributed by atoms with Crippen molar-refractivity contribution in [3.63, 3.8) is 0 Å². The molecule has 0 saturated heterocycles. The number of hydrogen-bond acceptors (Lipinski definition) is 4. The Morgan fingerprint density at radius 1 is 1.41 bits per heavy atom. The van der Waals surface area contributed by atoms with Crippen LogP contribution in [-0.4, -0.2) is 20.2 Å². The van der Waals surface area contributed by atoms with E-state index in [4.69, 9.17) is 16.3 Å². The molecule has 0 aliphatic heterocycles.